The Morgan fingerprint density at radius 2 is 1.45 bits per heavy atom. The highest BCUT2D eigenvalue weighted by Crippen LogP contribution is 2.67. The van der Waals surface area contributed by atoms with Crippen LogP contribution < -0.4 is 5.30 Å². The Morgan fingerprint density at radius 1 is 0.909 bits per heavy atom. The SMILES string of the molecule is CC1=C(C)P1c1ccccc1. The molecule has 56 valence electrons. The summed E-state index contributed by atoms with van der Waals surface area (Å²) in [6.45, 7) is 4.49. The fourth-order valence-electron chi connectivity index (χ4n) is 1.32. The summed E-state index contributed by atoms with van der Waals surface area (Å²) >= 11 is 0. The van der Waals surface area contributed by atoms with Crippen molar-refractivity contribution in [2.24, 2.45) is 0 Å². The largest absolute Gasteiger partial charge is 0.0622 e. The highest BCUT2D eigenvalue weighted by Gasteiger charge is 2.29. The zero-order valence-corrected chi connectivity index (χ0v) is 7.73. The fraction of sp³-hybridized carbons (Fsp3) is 0.200. The minimum atomic E-state index is 0.0653. The van der Waals surface area contributed by atoms with Crippen LogP contribution in [0.4, 0.5) is 0 Å². The molecule has 0 spiro atoms. The number of hydrogen-bond acceptors (Lipinski definition) is 0. The Kier molecular flexibility index (Phi) is 1.58. The van der Waals surface area contributed by atoms with Crippen molar-refractivity contribution in [3.63, 3.8) is 0 Å². The van der Waals surface area contributed by atoms with Crippen LogP contribution >= 0.6 is 7.92 Å². The number of rotatable bonds is 1. The highest BCUT2D eigenvalue weighted by atomic mass is 31.1. The summed E-state index contributed by atoms with van der Waals surface area (Å²) in [4.78, 5) is 0. The van der Waals surface area contributed by atoms with E-state index in [1.54, 1.807) is 10.6 Å². The molecule has 2 rings (SSSR count). The van der Waals surface area contributed by atoms with Gasteiger partial charge in [-0.2, -0.15) is 0 Å². The van der Waals surface area contributed by atoms with E-state index in [1.807, 2.05) is 0 Å². The molecular formula is C10H11P. The molecule has 0 radical (unpaired) electrons. The van der Waals surface area contributed by atoms with E-state index in [9.17, 15) is 0 Å². The molecule has 1 aliphatic heterocycles. The second kappa shape index (κ2) is 2.46. The summed E-state index contributed by atoms with van der Waals surface area (Å²) < 4.78 is 0. The Hall–Kier alpha value is -0.610. The van der Waals surface area contributed by atoms with Gasteiger partial charge in [0.1, 0.15) is 0 Å². The molecule has 0 fully saturated rings. The molecule has 0 atom stereocenters. The predicted molar refractivity (Wildman–Crippen MR) is 51.4 cm³/mol. The average Bonchev–Trinajstić information content (AvgIpc) is 2.62. The van der Waals surface area contributed by atoms with Crippen molar-refractivity contribution in [2.75, 3.05) is 0 Å². The second-order valence-electron chi connectivity index (χ2n) is 2.84. The van der Waals surface area contributed by atoms with E-state index in [1.165, 1.54) is 5.30 Å². The van der Waals surface area contributed by atoms with Crippen LogP contribution in [0.5, 0.6) is 0 Å². The van der Waals surface area contributed by atoms with Crippen LogP contribution in [0.2, 0.25) is 0 Å². The standard InChI is InChI=1S/C10H11P/c1-8-9(2)11(8)10-6-4-3-5-7-10/h3-7H,1-2H3. The van der Waals surface area contributed by atoms with Crippen LogP contribution in [-0.4, -0.2) is 0 Å². The lowest BCUT2D eigenvalue weighted by Gasteiger charge is -1.97. The summed E-state index contributed by atoms with van der Waals surface area (Å²) in [7, 11) is 0.0653. The van der Waals surface area contributed by atoms with Gasteiger partial charge >= 0.3 is 0 Å². The monoisotopic (exact) mass is 162 g/mol. The molecule has 0 saturated carbocycles. The van der Waals surface area contributed by atoms with Gasteiger partial charge in [-0.05, 0) is 37.7 Å². The van der Waals surface area contributed by atoms with Crippen LogP contribution in [0.3, 0.4) is 0 Å². The smallest absolute Gasteiger partial charge is 0.0157 e. The minimum Gasteiger partial charge on any atom is -0.0622 e. The van der Waals surface area contributed by atoms with E-state index < -0.39 is 0 Å². The van der Waals surface area contributed by atoms with E-state index >= 15 is 0 Å². The lowest BCUT2D eigenvalue weighted by Crippen LogP contribution is -1.91. The summed E-state index contributed by atoms with van der Waals surface area (Å²) in [5.74, 6) is 0. The van der Waals surface area contributed by atoms with E-state index in [4.69, 9.17) is 0 Å². The zero-order valence-electron chi connectivity index (χ0n) is 6.83. The van der Waals surface area contributed by atoms with Crippen LogP contribution in [0, 0.1) is 0 Å². The predicted octanol–water partition coefficient (Wildman–Crippen LogP) is 3.06. The zero-order chi connectivity index (χ0) is 7.84. The van der Waals surface area contributed by atoms with Gasteiger partial charge < -0.3 is 0 Å². The third-order valence-corrected chi connectivity index (χ3v) is 4.76. The fourth-order valence-corrected chi connectivity index (χ4v) is 3.44. The molecule has 0 aromatic heterocycles. The quantitative estimate of drug-likeness (QED) is 0.557. The number of benzene rings is 1. The second-order valence-corrected chi connectivity index (χ2v) is 5.37. The van der Waals surface area contributed by atoms with Crippen molar-refractivity contribution >= 4 is 13.2 Å². The first kappa shape index (κ1) is 7.06. The van der Waals surface area contributed by atoms with E-state index in [0.717, 1.165) is 0 Å². The number of allylic oxidation sites excluding steroid dienone is 2. The molecule has 0 unspecified atom stereocenters. The Bertz CT molecular complexity index is 286. The summed E-state index contributed by atoms with van der Waals surface area (Å²) in [6.07, 6.45) is 0. The summed E-state index contributed by atoms with van der Waals surface area (Å²) in [5.41, 5.74) is 0. The van der Waals surface area contributed by atoms with Crippen molar-refractivity contribution < 1.29 is 0 Å². The molecule has 1 heteroatoms. The third-order valence-electron chi connectivity index (χ3n) is 2.16. The molecule has 0 amide bonds. The van der Waals surface area contributed by atoms with Gasteiger partial charge in [0, 0.05) is 0 Å². The molecule has 11 heavy (non-hydrogen) atoms. The molecule has 0 bridgehead atoms. The maximum atomic E-state index is 2.24. The van der Waals surface area contributed by atoms with Crippen molar-refractivity contribution in [1.82, 2.24) is 0 Å². The van der Waals surface area contributed by atoms with Crippen molar-refractivity contribution in [3.8, 4) is 0 Å². The van der Waals surface area contributed by atoms with E-state index in [0.29, 0.717) is 0 Å². The van der Waals surface area contributed by atoms with Crippen molar-refractivity contribution in [1.29, 1.82) is 0 Å². The van der Waals surface area contributed by atoms with Crippen LogP contribution in [0.15, 0.2) is 41.0 Å². The Morgan fingerprint density at radius 3 is 1.91 bits per heavy atom. The van der Waals surface area contributed by atoms with Gasteiger partial charge in [0.2, 0.25) is 0 Å². The lowest BCUT2D eigenvalue weighted by atomic mass is 10.4. The average molecular weight is 162 g/mol. The molecule has 1 aromatic carbocycles. The van der Waals surface area contributed by atoms with Gasteiger partial charge in [-0.1, -0.05) is 30.3 Å². The van der Waals surface area contributed by atoms with Crippen molar-refractivity contribution in [3.05, 3.63) is 41.0 Å². The van der Waals surface area contributed by atoms with Gasteiger partial charge in [-0.3, -0.25) is 0 Å². The maximum Gasteiger partial charge on any atom is -0.0157 e. The molecule has 1 aliphatic rings. The molecule has 0 aliphatic carbocycles. The van der Waals surface area contributed by atoms with Gasteiger partial charge in [0.05, 0.1) is 0 Å². The van der Waals surface area contributed by atoms with Gasteiger partial charge in [0.25, 0.3) is 0 Å². The van der Waals surface area contributed by atoms with Gasteiger partial charge in [-0.25, -0.2) is 0 Å². The summed E-state index contributed by atoms with van der Waals surface area (Å²) in [6, 6.07) is 10.8. The van der Waals surface area contributed by atoms with Crippen molar-refractivity contribution in [2.45, 2.75) is 13.8 Å². The normalized spacial score (nSPS) is 17.3. The van der Waals surface area contributed by atoms with Crippen LogP contribution in [-0.2, 0) is 0 Å². The first-order valence-corrected chi connectivity index (χ1v) is 5.17. The summed E-state index contributed by atoms with van der Waals surface area (Å²) in [5, 5.41) is 4.75. The molecule has 0 N–H and O–H groups in total. The first-order valence-electron chi connectivity index (χ1n) is 3.83. The lowest BCUT2D eigenvalue weighted by molar-refractivity contribution is 1.64. The van der Waals surface area contributed by atoms with E-state index in [2.05, 4.69) is 44.2 Å². The minimum absolute atomic E-state index is 0.0653. The number of hydrogen-bond donors (Lipinski definition) is 0. The van der Waals surface area contributed by atoms with Crippen LogP contribution in [0.1, 0.15) is 13.8 Å². The van der Waals surface area contributed by atoms with E-state index in [-0.39, 0.29) is 7.92 Å². The Labute approximate surface area is 68.7 Å². The molecule has 0 nitrogen and oxygen atoms in total. The third kappa shape index (κ3) is 1.12. The topological polar surface area (TPSA) is 0 Å². The van der Waals surface area contributed by atoms with Gasteiger partial charge in [-0.15, -0.1) is 0 Å². The highest BCUT2D eigenvalue weighted by molar-refractivity contribution is 7.80. The van der Waals surface area contributed by atoms with Gasteiger partial charge in [0.15, 0.2) is 0 Å². The van der Waals surface area contributed by atoms with Crippen LogP contribution in [0.25, 0.3) is 0 Å². The molecule has 1 aromatic rings. The first-order chi connectivity index (χ1) is 5.30. The molecule has 0 saturated heterocycles. The molecular weight excluding hydrogens is 151 g/mol. The maximum absolute atomic E-state index is 2.24. The molecule has 1 heterocycles. The Balaban J connectivity index is 2.23.